The van der Waals surface area contributed by atoms with Crippen molar-refractivity contribution in [3.63, 3.8) is 0 Å². The van der Waals surface area contributed by atoms with Crippen molar-refractivity contribution in [1.29, 1.82) is 0 Å². The van der Waals surface area contributed by atoms with Crippen LogP contribution in [0, 0.1) is 0 Å². The zero-order valence-electron chi connectivity index (χ0n) is 11.4. The van der Waals surface area contributed by atoms with Gasteiger partial charge in [0.1, 0.15) is 5.75 Å². The van der Waals surface area contributed by atoms with Crippen LogP contribution in [0.2, 0.25) is 4.34 Å². The van der Waals surface area contributed by atoms with Crippen molar-refractivity contribution in [1.82, 2.24) is 5.32 Å². The molecule has 3 nitrogen and oxygen atoms in total. The number of carbonyl (C=O) groups is 1. The van der Waals surface area contributed by atoms with Gasteiger partial charge in [0.05, 0.1) is 17.0 Å². The third-order valence-electron chi connectivity index (χ3n) is 2.54. The van der Waals surface area contributed by atoms with E-state index in [1.807, 2.05) is 26.0 Å². The Morgan fingerprint density at radius 3 is 2.50 bits per heavy atom. The summed E-state index contributed by atoms with van der Waals surface area (Å²) >= 11 is 7.31. The molecule has 0 aliphatic heterocycles. The van der Waals surface area contributed by atoms with Gasteiger partial charge >= 0.3 is 0 Å². The Bertz CT molecular complexity index is 578. The monoisotopic (exact) mass is 309 g/mol. The van der Waals surface area contributed by atoms with Gasteiger partial charge in [0, 0.05) is 10.4 Å². The molecule has 2 aromatic rings. The van der Waals surface area contributed by atoms with Gasteiger partial charge in [-0.15, -0.1) is 11.3 Å². The summed E-state index contributed by atoms with van der Waals surface area (Å²) in [6, 6.07) is 10.9. The van der Waals surface area contributed by atoms with E-state index in [1.165, 1.54) is 11.3 Å². The Balaban J connectivity index is 1.92. The largest absolute Gasteiger partial charge is 0.491 e. The molecule has 0 fully saturated rings. The summed E-state index contributed by atoms with van der Waals surface area (Å²) in [4.78, 5) is 13.0. The first-order valence-electron chi connectivity index (χ1n) is 6.34. The second-order valence-electron chi connectivity index (χ2n) is 4.58. The SMILES string of the molecule is CC(C)Oc1ccc(C(=O)NCc2ccc(Cl)s2)cc1. The fourth-order valence-corrected chi connectivity index (χ4v) is 2.70. The lowest BCUT2D eigenvalue weighted by Crippen LogP contribution is -2.22. The third-order valence-corrected chi connectivity index (χ3v) is 3.77. The third kappa shape index (κ3) is 4.25. The number of ether oxygens (including phenoxy) is 1. The lowest BCUT2D eigenvalue weighted by atomic mass is 10.2. The van der Waals surface area contributed by atoms with Crippen LogP contribution in [-0.4, -0.2) is 12.0 Å². The van der Waals surface area contributed by atoms with E-state index in [-0.39, 0.29) is 12.0 Å². The summed E-state index contributed by atoms with van der Waals surface area (Å²) in [5.41, 5.74) is 0.615. The molecular weight excluding hydrogens is 294 g/mol. The number of benzene rings is 1. The summed E-state index contributed by atoms with van der Waals surface area (Å²) < 4.78 is 6.26. The molecule has 1 aromatic carbocycles. The van der Waals surface area contributed by atoms with E-state index >= 15 is 0 Å². The zero-order valence-corrected chi connectivity index (χ0v) is 12.9. The van der Waals surface area contributed by atoms with Gasteiger partial charge in [-0.1, -0.05) is 11.6 Å². The molecule has 0 atom stereocenters. The van der Waals surface area contributed by atoms with Crippen LogP contribution in [0.5, 0.6) is 5.75 Å². The molecule has 5 heteroatoms. The highest BCUT2D eigenvalue weighted by molar-refractivity contribution is 7.16. The van der Waals surface area contributed by atoms with Crippen molar-refractivity contribution < 1.29 is 9.53 Å². The van der Waals surface area contributed by atoms with Gasteiger partial charge in [-0.05, 0) is 50.2 Å². The predicted molar refractivity (Wildman–Crippen MR) is 82.7 cm³/mol. The van der Waals surface area contributed by atoms with Crippen molar-refractivity contribution >= 4 is 28.8 Å². The summed E-state index contributed by atoms with van der Waals surface area (Å²) in [6.45, 7) is 4.42. The van der Waals surface area contributed by atoms with E-state index in [1.54, 1.807) is 24.3 Å². The molecule has 20 heavy (non-hydrogen) atoms. The summed E-state index contributed by atoms with van der Waals surface area (Å²) in [7, 11) is 0. The molecule has 0 unspecified atom stereocenters. The van der Waals surface area contributed by atoms with Crippen LogP contribution in [0.15, 0.2) is 36.4 Å². The number of thiophene rings is 1. The van der Waals surface area contributed by atoms with E-state index in [9.17, 15) is 4.79 Å². The number of amides is 1. The topological polar surface area (TPSA) is 38.3 Å². The molecule has 0 spiro atoms. The van der Waals surface area contributed by atoms with E-state index in [2.05, 4.69) is 5.32 Å². The van der Waals surface area contributed by atoms with Gasteiger partial charge in [-0.2, -0.15) is 0 Å². The Morgan fingerprint density at radius 2 is 1.95 bits per heavy atom. The van der Waals surface area contributed by atoms with Crippen LogP contribution in [0.3, 0.4) is 0 Å². The van der Waals surface area contributed by atoms with E-state index in [0.717, 1.165) is 15.0 Å². The smallest absolute Gasteiger partial charge is 0.251 e. The molecule has 1 amide bonds. The summed E-state index contributed by atoms with van der Waals surface area (Å²) in [5.74, 6) is 0.659. The fourth-order valence-electron chi connectivity index (χ4n) is 1.67. The lowest BCUT2D eigenvalue weighted by Gasteiger charge is -2.10. The molecule has 0 radical (unpaired) electrons. The van der Waals surface area contributed by atoms with Crippen LogP contribution >= 0.6 is 22.9 Å². The molecule has 106 valence electrons. The zero-order chi connectivity index (χ0) is 14.5. The minimum atomic E-state index is -0.106. The van der Waals surface area contributed by atoms with Crippen LogP contribution in [-0.2, 0) is 6.54 Å². The van der Waals surface area contributed by atoms with E-state index < -0.39 is 0 Å². The van der Waals surface area contributed by atoms with Crippen molar-refractivity contribution in [2.24, 2.45) is 0 Å². The van der Waals surface area contributed by atoms with Crippen LogP contribution in [0.25, 0.3) is 0 Å². The highest BCUT2D eigenvalue weighted by Crippen LogP contribution is 2.21. The molecule has 1 heterocycles. The number of rotatable bonds is 5. The Kier molecular flexibility index (Phi) is 5.04. The summed E-state index contributed by atoms with van der Waals surface area (Å²) in [5, 5.41) is 2.86. The van der Waals surface area contributed by atoms with E-state index in [0.29, 0.717) is 12.1 Å². The van der Waals surface area contributed by atoms with Crippen LogP contribution < -0.4 is 10.1 Å². The van der Waals surface area contributed by atoms with Crippen molar-refractivity contribution in [2.45, 2.75) is 26.5 Å². The summed E-state index contributed by atoms with van der Waals surface area (Å²) in [6.07, 6.45) is 0.123. The normalized spacial score (nSPS) is 10.6. The molecule has 1 N–H and O–H groups in total. The Hall–Kier alpha value is -1.52. The molecule has 0 aliphatic rings. The fraction of sp³-hybridized carbons (Fsp3) is 0.267. The highest BCUT2D eigenvalue weighted by Gasteiger charge is 2.07. The first-order valence-corrected chi connectivity index (χ1v) is 7.53. The van der Waals surface area contributed by atoms with Crippen molar-refractivity contribution in [3.8, 4) is 5.75 Å². The minimum Gasteiger partial charge on any atom is -0.491 e. The predicted octanol–water partition coefficient (Wildman–Crippen LogP) is 4.12. The van der Waals surface area contributed by atoms with Crippen molar-refractivity contribution in [2.75, 3.05) is 0 Å². The maximum atomic E-state index is 12.0. The first-order chi connectivity index (χ1) is 9.54. The highest BCUT2D eigenvalue weighted by atomic mass is 35.5. The quantitative estimate of drug-likeness (QED) is 0.902. The molecule has 0 saturated carbocycles. The standard InChI is InChI=1S/C15H16ClNO2S/c1-10(2)19-12-5-3-11(4-6-12)15(18)17-9-13-7-8-14(16)20-13/h3-8,10H,9H2,1-2H3,(H,17,18). The lowest BCUT2D eigenvalue weighted by molar-refractivity contribution is 0.0951. The number of hydrogen-bond acceptors (Lipinski definition) is 3. The minimum absolute atomic E-state index is 0.106. The second-order valence-corrected chi connectivity index (χ2v) is 6.38. The van der Waals surface area contributed by atoms with Gasteiger partial charge in [0.15, 0.2) is 0 Å². The van der Waals surface area contributed by atoms with E-state index in [4.69, 9.17) is 16.3 Å². The van der Waals surface area contributed by atoms with Crippen LogP contribution in [0.4, 0.5) is 0 Å². The number of nitrogens with one attached hydrogen (secondary N) is 1. The Labute approximate surface area is 127 Å². The van der Waals surface area contributed by atoms with Crippen LogP contribution in [0.1, 0.15) is 29.1 Å². The number of carbonyl (C=O) groups excluding carboxylic acids is 1. The average molecular weight is 310 g/mol. The Morgan fingerprint density at radius 1 is 1.25 bits per heavy atom. The molecule has 2 rings (SSSR count). The van der Waals surface area contributed by atoms with Gasteiger partial charge in [0.25, 0.3) is 5.91 Å². The average Bonchev–Trinajstić information content (AvgIpc) is 2.82. The number of hydrogen-bond donors (Lipinski definition) is 1. The molecule has 0 saturated heterocycles. The maximum Gasteiger partial charge on any atom is 0.251 e. The number of halogens is 1. The van der Waals surface area contributed by atoms with Crippen molar-refractivity contribution in [3.05, 3.63) is 51.2 Å². The molecular formula is C15H16ClNO2S. The second kappa shape index (κ2) is 6.77. The first kappa shape index (κ1) is 14.9. The van der Waals surface area contributed by atoms with Gasteiger partial charge in [0.2, 0.25) is 0 Å². The van der Waals surface area contributed by atoms with Gasteiger partial charge in [-0.25, -0.2) is 0 Å². The van der Waals surface area contributed by atoms with Gasteiger partial charge < -0.3 is 10.1 Å². The maximum absolute atomic E-state index is 12.0. The molecule has 0 aliphatic carbocycles. The molecule has 1 aromatic heterocycles. The molecule has 0 bridgehead atoms. The van der Waals surface area contributed by atoms with Gasteiger partial charge in [-0.3, -0.25) is 4.79 Å².